The SMILES string of the molecule is COC1=C(C(C)C)C2C=CC=[N+]2C(C)=C1. The maximum Gasteiger partial charge on any atom is 0.203 e. The second kappa shape index (κ2) is 3.69. The van der Waals surface area contributed by atoms with E-state index in [4.69, 9.17) is 4.74 Å². The molecule has 2 aliphatic heterocycles. The Balaban J connectivity index is 2.52. The Bertz CT molecular complexity index is 397. The molecule has 2 aliphatic rings. The molecule has 0 aliphatic carbocycles. The number of rotatable bonds is 2. The van der Waals surface area contributed by atoms with Gasteiger partial charge in [-0.15, -0.1) is 0 Å². The lowest BCUT2D eigenvalue weighted by Crippen LogP contribution is -2.29. The summed E-state index contributed by atoms with van der Waals surface area (Å²) in [6.07, 6.45) is 8.59. The van der Waals surface area contributed by atoms with Crippen molar-refractivity contribution in [3.05, 3.63) is 35.3 Å². The fourth-order valence-corrected chi connectivity index (χ4v) is 2.32. The highest BCUT2D eigenvalue weighted by atomic mass is 16.5. The average Bonchev–Trinajstić information content (AvgIpc) is 2.65. The quantitative estimate of drug-likeness (QED) is 0.629. The van der Waals surface area contributed by atoms with Gasteiger partial charge in [0.1, 0.15) is 5.76 Å². The monoisotopic (exact) mass is 204 g/mol. The summed E-state index contributed by atoms with van der Waals surface area (Å²) in [5.41, 5.74) is 2.61. The van der Waals surface area contributed by atoms with E-state index in [0.717, 1.165) is 5.76 Å². The summed E-state index contributed by atoms with van der Waals surface area (Å²) in [7, 11) is 1.75. The molecule has 0 saturated carbocycles. The summed E-state index contributed by atoms with van der Waals surface area (Å²) in [4.78, 5) is 0. The van der Waals surface area contributed by atoms with Crippen LogP contribution in [0.1, 0.15) is 20.8 Å². The number of fused-ring (bicyclic) bond motifs is 1. The van der Waals surface area contributed by atoms with Gasteiger partial charge in [-0.2, -0.15) is 4.58 Å². The summed E-state index contributed by atoms with van der Waals surface area (Å²) >= 11 is 0. The van der Waals surface area contributed by atoms with E-state index in [9.17, 15) is 0 Å². The third-order valence-corrected chi connectivity index (χ3v) is 3.03. The summed E-state index contributed by atoms with van der Waals surface area (Å²) in [5, 5.41) is 0. The Morgan fingerprint density at radius 3 is 2.73 bits per heavy atom. The molecule has 0 fully saturated rings. The highest BCUT2D eigenvalue weighted by Gasteiger charge is 2.35. The number of hydrogen-bond donors (Lipinski definition) is 0. The molecule has 0 aromatic rings. The summed E-state index contributed by atoms with van der Waals surface area (Å²) in [5.74, 6) is 1.54. The zero-order chi connectivity index (χ0) is 11.0. The predicted molar refractivity (Wildman–Crippen MR) is 61.9 cm³/mol. The first-order chi connectivity index (χ1) is 7.15. The Labute approximate surface area is 91.3 Å². The summed E-state index contributed by atoms with van der Waals surface area (Å²) < 4.78 is 7.76. The molecule has 1 unspecified atom stereocenters. The van der Waals surface area contributed by atoms with E-state index in [-0.39, 0.29) is 0 Å². The molecule has 2 nitrogen and oxygen atoms in total. The van der Waals surface area contributed by atoms with Gasteiger partial charge >= 0.3 is 0 Å². The lowest BCUT2D eigenvalue weighted by Gasteiger charge is -2.23. The molecule has 0 N–H and O–H groups in total. The molecule has 0 amide bonds. The van der Waals surface area contributed by atoms with Gasteiger partial charge in [0.05, 0.1) is 7.11 Å². The first-order valence-electron chi connectivity index (χ1n) is 5.41. The van der Waals surface area contributed by atoms with Gasteiger partial charge in [-0.1, -0.05) is 13.8 Å². The van der Waals surface area contributed by atoms with Crippen molar-refractivity contribution in [1.29, 1.82) is 0 Å². The van der Waals surface area contributed by atoms with Crippen LogP contribution in [0.5, 0.6) is 0 Å². The van der Waals surface area contributed by atoms with Gasteiger partial charge in [0.25, 0.3) is 0 Å². The van der Waals surface area contributed by atoms with Gasteiger partial charge in [-0.25, -0.2) is 0 Å². The van der Waals surface area contributed by atoms with Crippen LogP contribution in [0.3, 0.4) is 0 Å². The van der Waals surface area contributed by atoms with Crippen LogP contribution in [0.25, 0.3) is 0 Å². The summed E-state index contributed by atoms with van der Waals surface area (Å²) in [6, 6.07) is 0.366. The van der Waals surface area contributed by atoms with Crippen molar-refractivity contribution >= 4 is 6.21 Å². The van der Waals surface area contributed by atoms with Crippen LogP contribution in [0.15, 0.2) is 35.3 Å². The highest BCUT2D eigenvalue weighted by molar-refractivity contribution is 5.70. The fourth-order valence-electron chi connectivity index (χ4n) is 2.32. The lowest BCUT2D eigenvalue weighted by molar-refractivity contribution is -0.490. The molecule has 15 heavy (non-hydrogen) atoms. The Morgan fingerprint density at radius 2 is 2.13 bits per heavy atom. The van der Waals surface area contributed by atoms with E-state index in [0.29, 0.717) is 12.0 Å². The van der Waals surface area contributed by atoms with Crippen molar-refractivity contribution < 1.29 is 9.31 Å². The molecule has 1 atom stereocenters. The topological polar surface area (TPSA) is 12.2 Å². The molecular formula is C13H18NO+. The maximum absolute atomic E-state index is 5.47. The van der Waals surface area contributed by atoms with Crippen LogP contribution >= 0.6 is 0 Å². The van der Waals surface area contributed by atoms with E-state index in [1.165, 1.54) is 11.3 Å². The average molecular weight is 204 g/mol. The number of ether oxygens (including phenoxy) is 1. The molecule has 80 valence electrons. The van der Waals surface area contributed by atoms with Crippen molar-refractivity contribution in [3.8, 4) is 0 Å². The highest BCUT2D eigenvalue weighted by Crippen LogP contribution is 2.30. The zero-order valence-corrected chi connectivity index (χ0v) is 9.82. The molecule has 2 heterocycles. The maximum atomic E-state index is 5.47. The molecule has 0 radical (unpaired) electrons. The molecule has 0 aromatic carbocycles. The van der Waals surface area contributed by atoms with E-state index < -0.39 is 0 Å². The third-order valence-electron chi connectivity index (χ3n) is 3.03. The Hall–Kier alpha value is -1.31. The Kier molecular flexibility index (Phi) is 2.51. The minimum atomic E-state index is 0.366. The molecule has 0 bridgehead atoms. The molecule has 0 spiro atoms. The minimum absolute atomic E-state index is 0.366. The lowest BCUT2D eigenvalue weighted by atomic mass is 9.91. The smallest absolute Gasteiger partial charge is 0.203 e. The van der Waals surface area contributed by atoms with Gasteiger partial charge in [0, 0.05) is 24.6 Å². The molecule has 0 saturated heterocycles. The van der Waals surface area contributed by atoms with Gasteiger partial charge < -0.3 is 4.74 Å². The van der Waals surface area contributed by atoms with E-state index in [1.807, 2.05) is 0 Å². The molecule has 2 rings (SSSR count). The van der Waals surface area contributed by atoms with Crippen LogP contribution in [0.2, 0.25) is 0 Å². The second-order valence-electron chi connectivity index (χ2n) is 4.35. The van der Waals surface area contributed by atoms with E-state index in [2.05, 4.69) is 49.8 Å². The van der Waals surface area contributed by atoms with Crippen LogP contribution in [-0.4, -0.2) is 23.9 Å². The predicted octanol–water partition coefficient (Wildman–Crippen LogP) is 2.48. The standard InChI is InChI=1S/C13H18NO/c1-9(2)13-11-6-5-7-14(11)10(3)8-12(13)15-4/h5-9,11H,1-4H3/q+1. The number of nitrogens with zero attached hydrogens (tertiary/aromatic N) is 1. The van der Waals surface area contributed by atoms with Gasteiger partial charge in [0.15, 0.2) is 11.9 Å². The first-order valence-corrected chi connectivity index (χ1v) is 5.41. The Morgan fingerprint density at radius 1 is 1.40 bits per heavy atom. The van der Waals surface area contributed by atoms with E-state index >= 15 is 0 Å². The second-order valence-corrected chi connectivity index (χ2v) is 4.35. The van der Waals surface area contributed by atoms with Crippen molar-refractivity contribution in [1.82, 2.24) is 0 Å². The van der Waals surface area contributed by atoms with Crippen molar-refractivity contribution in [3.63, 3.8) is 0 Å². The van der Waals surface area contributed by atoms with Crippen LogP contribution in [0, 0.1) is 5.92 Å². The van der Waals surface area contributed by atoms with Gasteiger partial charge in [0.2, 0.25) is 6.04 Å². The molecule has 0 aromatic heterocycles. The van der Waals surface area contributed by atoms with Crippen molar-refractivity contribution in [2.45, 2.75) is 26.8 Å². The first kappa shape index (κ1) is 10.2. The molecular weight excluding hydrogens is 186 g/mol. The largest absolute Gasteiger partial charge is 0.496 e. The van der Waals surface area contributed by atoms with Gasteiger partial charge in [-0.3, -0.25) is 0 Å². The van der Waals surface area contributed by atoms with Crippen LogP contribution in [0.4, 0.5) is 0 Å². The minimum Gasteiger partial charge on any atom is -0.496 e. The normalized spacial score (nSPS) is 24.2. The third kappa shape index (κ3) is 1.54. The van der Waals surface area contributed by atoms with Gasteiger partial charge in [-0.05, 0) is 12.0 Å². The molecule has 2 heteroatoms. The van der Waals surface area contributed by atoms with Crippen LogP contribution < -0.4 is 0 Å². The zero-order valence-electron chi connectivity index (χ0n) is 9.82. The van der Waals surface area contributed by atoms with Crippen molar-refractivity contribution in [2.75, 3.05) is 7.11 Å². The van der Waals surface area contributed by atoms with Crippen molar-refractivity contribution in [2.24, 2.45) is 5.92 Å². The number of hydrogen-bond acceptors (Lipinski definition) is 1. The number of allylic oxidation sites excluding steroid dienone is 3. The summed E-state index contributed by atoms with van der Waals surface area (Å²) in [6.45, 7) is 6.55. The van der Waals surface area contributed by atoms with E-state index in [1.54, 1.807) is 7.11 Å². The fraction of sp³-hybridized carbons (Fsp3) is 0.462. The number of methoxy groups -OCH3 is 1. The van der Waals surface area contributed by atoms with Crippen LogP contribution in [-0.2, 0) is 4.74 Å².